The summed E-state index contributed by atoms with van der Waals surface area (Å²) in [5.41, 5.74) is 5.89. The van der Waals surface area contributed by atoms with Crippen molar-refractivity contribution in [3.63, 3.8) is 0 Å². The first-order valence-corrected chi connectivity index (χ1v) is 4.44. The molecule has 0 saturated heterocycles. The fraction of sp³-hybridized carbons (Fsp3) is 0.556. The van der Waals surface area contributed by atoms with Gasteiger partial charge in [-0.25, -0.2) is 4.98 Å². The molecule has 1 aliphatic carbocycles. The summed E-state index contributed by atoms with van der Waals surface area (Å²) in [7, 11) is 1.89. The van der Waals surface area contributed by atoms with Crippen LogP contribution >= 0.6 is 0 Å². The van der Waals surface area contributed by atoms with Gasteiger partial charge in [0.2, 0.25) is 0 Å². The Labute approximate surface area is 77.5 Å². The third-order valence-electron chi connectivity index (χ3n) is 2.45. The van der Waals surface area contributed by atoms with Gasteiger partial charge in [-0.3, -0.25) is 4.68 Å². The van der Waals surface area contributed by atoms with Crippen molar-refractivity contribution in [3.8, 4) is 0 Å². The van der Waals surface area contributed by atoms with Gasteiger partial charge in [-0.2, -0.15) is 5.10 Å². The van der Waals surface area contributed by atoms with Crippen molar-refractivity contribution in [2.45, 2.75) is 25.3 Å². The maximum Gasteiger partial charge on any atom is 0.147 e. The molecule has 1 aromatic rings. The highest BCUT2D eigenvalue weighted by atomic mass is 15.3. The number of hydrogen-bond donors (Lipinski definition) is 1. The molecule has 13 heavy (non-hydrogen) atoms. The van der Waals surface area contributed by atoms with Gasteiger partial charge in [0.25, 0.3) is 0 Å². The highest BCUT2D eigenvalue weighted by Gasteiger charge is 2.32. The molecule has 0 amide bonds. The first-order valence-electron chi connectivity index (χ1n) is 4.44. The van der Waals surface area contributed by atoms with Crippen molar-refractivity contribution in [1.82, 2.24) is 14.8 Å². The lowest BCUT2D eigenvalue weighted by molar-refractivity contribution is 0.425. The van der Waals surface area contributed by atoms with E-state index in [1.54, 1.807) is 4.68 Å². The van der Waals surface area contributed by atoms with Gasteiger partial charge in [0.1, 0.15) is 11.6 Å². The van der Waals surface area contributed by atoms with Gasteiger partial charge in [-0.1, -0.05) is 12.2 Å². The highest BCUT2D eigenvalue weighted by Crippen LogP contribution is 2.29. The Balaban J connectivity index is 2.39. The number of nitrogens with two attached hydrogens (primary N) is 1. The molecule has 0 aromatic carbocycles. The molecular formula is C9H14N4. The van der Waals surface area contributed by atoms with Gasteiger partial charge in [-0.15, -0.1) is 0 Å². The second kappa shape index (κ2) is 2.67. The lowest BCUT2D eigenvalue weighted by Gasteiger charge is -2.21. The molecule has 2 rings (SSSR count). The van der Waals surface area contributed by atoms with Gasteiger partial charge in [0.05, 0.1) is 5.54 Å². The SMILES string of the molecule is Cc1nc(C2(N)CC=CC2)n(C)n1. The molecule has 70 valence electrons. The van der Waals surface area contributed by atoms with Gasteiger partial charge in [-0.05, 0) is 19.8 Å². The minimum Gasteiger partial charge on any atom is -0.318 e. The minimum atomic E-state index is -0.323. The second-order valence-corrected chi connectivity index (χ2v) is 3.64. The van der Waals surface area contributed by atoms with Crippen molar-refractivity contribution < 1.29 is 0 Å². The third-order valence-corrected chi connectivity index (χ3v) is 2.45. The van der Waals surface area contributed by atoms with Crippen LogP contribution in [0.1, 0.15) is 24.5 Å². The third kappa shape index (κ3) is 1.27. The Hall–Kier alpha value is -1.16. The Kier molecular flexibility index (Phi) is 1.73. The molecular weight excluding hydrogens is 164 g/mol. The number of rotatable bonds is 1. The molecule has 1 aromatic heterocycles. The van der Waals surface area contributed by atoms with E-state index < -0.39 is 0 Å². The summed E-state index contributed by atoms with van der Waals surface area (Å²) in [6, 6.07) is 0. The molecule has 1 heterocycles. The summed E-state index contributed by atoms with van der Waals surface area (Å²) in [6.07, 6.45) is 5.92. The van der Waals surface area contributed by atoms with Crippen molar-refractivity contribution >= 4 is 0 Å². The monoisotopic (exact) mass is 178 g/mol. The van der Waals surface area contributed by atoms with E-state index in [9.17, 15) is 0 Å². The number of aromatic nitrogens is 3. The Morgan fingerprint density at radius 1 is 1.46 bits per heavy atom. The molecule has 0 aliphatic heterocycles. The summed E-state index contributed by atoms with van der Waals surface area (Å²) in [6.45, 7) is 1.88. The van der Waals surface area contributed by atoms with E-state index in [1.165, 1.54) is 0 Å². The Morgan fingerprint density at radius 2 is 2.08 bits per heavy atom. The van der Waals surface area contributed by atoms with E-state index in [2.05, 4.69) is 22.2 Å². The molecule has 0 radical (unpaired) electrons. The molecule has 0 unspecified atom stereocenters. The molecule has 2 N–H and O–H groups in total. The molecule has 0 bridgehead atoms. The summed E-state index contributed by atoms with van der Waals surface area (Å²) in [5.74, 6) is 1.67. The maximum absolute atomic E-state index is 6.21. The average molecular weight is 178 g/mol. The molecule has 1 aliphatic rings. The first kappa shape index (κ1) is 8.44. The smallest absolute Gasteiger partial charge is 0.147 e. The predicted molar refractivity (Wildman–Crippen MR) is 50.0 cm³/mol. The standard InChI is InChI=1S/C9H14N4/c1-7-11-8(13(2)12-7)9(10)5-3-4-6-9/h3-4H,5-6,10H2,1-2H3. The molecule has 0 atom stereocenters. The summed E-state index contributed by atoms with van der Waals surface area (Å²) >= 11 is 0. The van der Waals surface area contributed by atoms with Crippen molar-refractivity contribution in [1.29, 1.82) is 0 Å². The van der Waals surface area contributed by atoms with Crippen molar-refractivity contribution in [2.24, 2.45) is 12.8 Å². The number of hydrogen-bond acceptors (Lipinski definition) is 3. The number of aryl methyl sites for hydroxylation is 2. The van der Waals surface area contributed by atoms with Crippen LogP contribution in [0.4, 0.5) is 0 Å². The predicted octanol–water partition coefficient (Wildman–Crippen LogP) is 0.628. The van der Waals surface area contributed by atoms with Crippen molar-refractivity contribution in [2.75, 3.05) is 0 Å². The molecule has 0 fully saturated rings. The van der Waals surface area contributed by atoms with Crippen LogP contribution < -0.4 is 5.73 Å². The van der Waals surface area contributed by atoms with Crippen LogP contribution in [0.3, 0.4) is 0 Å². The van der Waals surface area contributed by atoms with E-state index >= 15 is 0 Å². The normalized spacial score (nSPS) is 19.6. The van der Waals surface area contributed by atoms with E-state index in [-0.39, 0.29) is 5.54 Å². The quantitative estimate of drug-likeness (QED) is 0.642. The first-order chi connectivity index (χ1) is 6.12. The fourth-order valence-corrected chi connectivity index (χ4v) is 1.80. The summed E-state index contributed by atoms with van der Waals surface area (Å²) < 4.78 is 1.78. The highest BCUT2D eigenvalue weighted by molar-refractivity contribution is 5.16. The largest absolute Gasteiger partial charge is 0.318 e. The van der Waals surface area contributed by atoms with Crippen LogP contribution in [0.2, 0.25) is 0 Å². The van der Waals surface area contributed by atoms with Gasteiger partial charge < -0.3 is 5.73 Å². The van der Waals surface area contributed by atoms with Gasteiger partial charge in [0.15, 0.2) is 0 Å². The molecule has 4 heteroatoms. The van der Waals surface area contributed by atoms with E-state index in [0.29, 0.717) is 0 Å². The second-order valence-electron chi connectivity index (χ2n) is 3.64. The minimum absolute atomic E-state index is 0.323. The van der Waals surface area contributed by atoms with Crippen molar-refractivity contribution in [3.05, 3.63) is 23.8 Å². The van der Waals surface area contributed by atoms with Gasteiger partial charge >= 0.3 is 0 Å². The van der Waals surface area contributed by atoms with E-state index in [0.717, 1.165) is 24.5 Å². The van der Waals surface area contributed by atoms with Gasteiger partial charge in [0, 0.05) is 7.05 Å². The van der Waals surface area contributed by atoms with Crippen LogP contribution in [0.15, 0.2) is 12.2 Å². The lowest BCUT2D eigenvalue weighted by Crippen LogP contribution is -2.36. The van der Waals surface area contributed by atoms with Crippen LogP contribution in [0, 0.1) is 6.92 Å². The zero-order valence-electron chi connectivity index (χ0n) is 7.99. The maximum atomic E-state index is 6.21. The van der Waals surface area contributed by atoms with E-state index in [4.69, 9.17) is 5.73 Å². The lowest BCUT2D eigenvalue weighted by atomic mass is 9.97. The summed E-state index contributed by atoms with van der Waals surface area (Å²) in [5, 5.41) is 4.20. The van der Waals surface area contributed by atoms with Crippen LogP contribution in [-0.2, 0) is 12.6 Å². The molecule has 0 spiro atoms. The zero-order valence-corrected chi connectivity index (χ0v) is 7.99. The van der Waals surface area contributed by atoms with Crippen LogP contribution in [0.5, 0.6) is 0 Å². The average Bonchev–Trinajstić information content (AvgIpc) is 2.59. The topological polar surface area (TPSA) is 56.7 Å². The molecule has 4 nitrogen and oxygen atoms in total. The Bertz CT molecular complexity index is 342. The zero-order chi connectivity index (χ0) is 9.47. The van der Waals surface area contributed by atoms with Crippen LogP contribution in [0.25, 0.3) is 0 Å². The fourth-order valence-electron chi connectivity index (χ4n) is 1.80. The molecule has 0 saturated carbocycles. The van der Waals surface area contributed by atoms with E-state index in [1.807, 2.05) is 14.0 Å². The Morgan fingerprint density at radius 3 is 2.54 bits per heavy atom. The summed E-state index contributed by atoms with van der Waals surface area (Å²) in [4.78, 5) is 4.35. The number of nitrogens with zero attached hydrogens (tertiary/aromatic N) is 3. The van der Waals surface area contributed by atoms with Crippen LogP contribution in [-0.4, -0.2) is 14.8 Å².